The van der Waals surface area contributed by atoms with Gasteiger partial charge in [-0.05, 0) is 37.6 Å². The van der Waals surface area contributed by atoms with Gasteiger partial charge < -0.3 is 9.73 Å². The molecule has 1 aliphatic rings. The van der Waals surface area contributed by atoms with E-state index in [9.17, 15) is 13.2 Å². The summed E-state index contributed by atoms with van der Waals surface area (Å²) < 4.78 is 33.3. The summed E-state index contributed by atoms with van der Waals surface area (Å²) >= 11 is 0. The number of nitrogens with zero attached hydrogens (tertiary/aromatic N) is 1. The van der Waals surface area contributed by atoms with E-state index >= 15 is 0 Å². The quantitative estimate of drug-likeness (QED) is 0.704. The van der Waals surface area contributed by atoms with Crippen molar-refractivity contribution in [2.75, 3.05) is 11.9 Å². The molecule has 0 atom stereocenters. The first-order valence-electron chi connectivity index (χ1n) is 8.90. The van der Waals surface area contributed by atoms with Crippen molar-refractivity contribution >= 4 is 38.4 Å². The Morgan fingerprint density at radius 3 is 2.71 bits per heavy atom. The monoisotopic (exact) mass is 397 g/mol. The van der Waals surface area contributed by atoms with Gasteiger partial charge in [0.05, 0.1) is 4.90 Å². The molecular formula is C20H19N3O4S. The minimum atomic E-state index is -3.75. The van der Waals surface area contributed by atoms with Gasteiger partial charge in [0, 0.05) is 29.6 Å². The Morgan fingerprint density at radius 1 is 1.14 bits per heavy atom. The first-order chi connectivity index (χ1) is 13.4. The second kappa shape index (κ2) is 7.12. The normalized spacial score (nSPS) is 14.1. The van der Waals surface area contributed by atoms with Gasteiger partial charge in [0.2, 0.25) is 0 Å². The molecule has 2 N–H and O–H groups in total. The third-order valence-electron chi connectivity index (χ3n) is 4.58. The Labute approximate surface area is 162 Å². The standard InChI is InChI=1S/C20H19N3O4S/c1-13-16-8-2-3-9-17(16)27-19(13)20(24)22-14-6-4-7-15(12-14)28(25,26)23-18-10-5-11-21-18/h2-4,6-9,12H,5,10-11H2,1H3,(H,21,23)(H,22,24). The summed E-state index contributed by atoms with van der Waals surface area (Å²) in [7, 11) is -3.75. The van der Waals surface area contributed by atoms with Gasteiger partial charge >= 0.3 is 0 Å². The zero-order valence-corrected chi connectivity index (χ0v) is 16.0. The molecule has 1 aliphatic heterocycles. The Morgan fingerprint density at radius 2 is 1.96 bits per heavy atom. The highest BCUT2D eigenvalue weighted by molar-refractivity contribution is 7.90. The molecular weight excluding hydrogens is 378 g/mol. The molecule has 144 valence electrons. The molecule has 0 saturated carbocycles. The number of carbonyl (C=O) groups excluding carboxylic acids is 1. The molecule has 1 aromatic heterocycles. The number of sulfonamides is 1. The van der Waals surface area contributed by atoms with Crippen LogP contribution in [0.4, 0.5) is 5.69 Å². The number of para-hydroxylation sites is 1. The van der Waals surface area contributed by atoms with Crippen molar-refractivity contribution in [1.29, 1.82) is 0 Å². The Hall–Kier alpha value is -3.13. The van der Waals surface area contributed by atoms with Gasteiger partial charge in [0.15, 0.2) is 5.76 Å². The number of rotatable bonds is 4. The average Bonchev–Trinajstić information content (AvgIpc) is 3.30. The SMILES string of the molecule is Cc1c(C(=O)Nc2cccc(S(=O)(=O)NC3=NCCC3)c2)oc2ccccc12. The lowest BCUT2D eigenvalue weighted by atomic mass is 10.1. The second-order valence-electron chi connectivity index (χ2n) is 6.57. The number of carbonyl (C=O) groups is 1. The molecule has 2 heterocycles. The van der Waals surface area contributed by atoms with Gasteiger partial charge in [-0.25, -0.2) is 8.42 Å². The van der Waals surface area contributed by atoms with Crippen LogP contribution in [-0.4, -0.2) is 26.7 Å². The van der Waals surface area contributed by atoms with Crippen molar-refractivity contribution in [2.45, 2.75) is 24.7 Å². The Bertz CT molecular complexity index is 1200. The van der Waals surface area contributed by atoms with Crippen LogP contribution in [0.2, 0.25) is 0 Å². The fourth-order valence-corrected chi connectivity index (χ4v) is 4.29. The topological polar surface area (TPSA) is 101 Å². The van der Waals surface area contributed by atoms with E-state index in [1.807, 2.05) is 25.1 Å². The van der Waals surface area contributed by atoms with Gasteiger partial charge in [-0.3, -0.25) is 14.5 Å². The Kier molecular flexibility index (Phi) is 4.64. The molecule has 8 heteroatoms. The summed E-state index contributed by atoms with van der Waals surface area (Å²) in [4.78, 5) is 16.8. The van der Waals surface area contributed by atoms with Crippen molar-refractivity contribution in [1.82, 2.24) is 4.72 Å². The first-order valence-corrected chi connectivity index (χ1v) is 10.4. The van der Waals surface area contributed by atoms with Crippen molar-refractivity contribution in [3.05, 3.63) is 59.9 Å². The number of aryl methyl sites for hydroxylation is 1. The second-order valence-corrected chi connectivity index (χ2v) is 8.25. The number of furan rings is 1. The minimum Gasteiger partial charge on any atom is -0.451 e. The van der Waals surface area contributed by atoms with Gasteiger partial charge in [0.25, 0.3) is 15.9 Å². The summed E-state index contributed by atoms with van der Waals surface area (Å²) in [5.74, 6) is 0.233. The highest BCUT2D eigenvalue weighted by Crippen LogP contribution is 2.26. The molecule has 2 aromatic carbocycles. The lowest BCUT2D eigenvalue weighted by molar-refractivity contribution is 0.0998. The average molecular weight is 397 g/mol. The zero-order chi connectivity index (χ0) is 19.7. The number of aliphatic imine (C=N–C) groups is 1. The first kappa shape index (κ1) is 18.2. The van der Waals surface area contributed by atoms with Crippen molar-refractivity contribution in [2.24, 2.45) is 4.99 Å². The molecule has 0 bridgehead atoms. The van der Waals surface area contributed by atoms with E-state index < -0.39 is 15.9 Å². The molecule has 28 heavy (non-hydrogen) atoms. The summed E-state index contributed by atoms with van der Waals surface area (Å²) in [5.41, 5.74) is 1.72. The lowest BCUT2D eigenvalue weighted by Gasteiger charge is -2.10. The number of amidine groups is 1. The summed E-state index contributed by atoms with van der Waals surface area (Å²) in [5, 5.41) is 3.58. The largest absolute Gasteiger partial charge is 0.451 e. The smallest absolute Gasteiger partial charge is 0.291 e. The van der Waals surface area contributed by atoms with Crippen molar-refractivity contribution < 1.29 is 17.6 Å². The van der Waals surface area contributed by atoms with Crippen LogP contribution in [0, 0.1) is 6.92 Å². The summed E-state index contributed by atoms with van der Waals surface area (Å²) in [6, 6.07) is 13.5. The number of hydrogen-bond acceptors (Lipinski definition) is 5. The molecule has 4 rings (SSSR count). The van der Waals surface area contributed by atoms with E-state index in [2.05, 4.69) is 15.0 Å². The fourth-order valence-electron chi connectivity index (χ4n) is 3.16. The van der Waals surface area contributed by atoms with Crippen molar-refractivity contribution in [3.8, 4) is 0 Å². The van der Waals surface area contributed by atoms with Gasteiger partial charge in [-0.15, -0.1) is 0 Å². The van der Waals surface area contributed by atoms with Crippen LogP contribution in [0.15, 0.2) is 62.8 Å². The van der Waals surface area contributed by atoms with E-state index in [4.69, 9.17) is 4.42 Å². The van der Waals surface area contributed by atoms with Crippen LogP contribution >= 0.6 is 0 Å². The lowest BCUT2D eigenvalue weighted by Crippen LogP contribution is -2.29. The number of nitrogens with one attached hydrogen (secondary N) is 2. The number of anilines is 1. The van der Waals surface area contributed by atoms with Crippen LogP contribution < -0.4 is 10.0 Å². The van der Waals surface area contributed by atoms with Crippen molar-refractivity contribution in [3.63, 3.8) is 0 Å². The highest BCUT2D eigenvalue weighted by Gasteiger charge is 2.20. The minimum absolute atomic E-state index is 0.0567. The summed E-state index contributed by atoms with van der Waals surface area (Å²) in [6.07, 6.45) is 1.45. The molecule has 0 aliphatic carbocycles. The van der Waals surface area contributed by atoms with E-state index in [-0.39, 0.29) is 10.7 Å². The van der Waals surface area contributed by atoms with Gasteiger partial charge in [0.1, 0.15) is 11.4 Å². The van der Waals surface area contributed by atoms with Gasteiger partial charge in [-0.2, -0.15) is 0 Å². The maximum atomic E-state index is 12.7. The number of amides is 1. The number of fused-ring (bicyclic) bond motifs is 1. The Balaban J connectivity index is 1.57. The number of hydrogen-bond donors (Lipinski definition) is 2. The molecule has 0 spiro atoms. The van der Waals surface area contributed by atoms with E-state index in [1.54, 1.807) is 18.2 Å². The summed E-state index contributed by atoms with van der Waals surface area (Å²) in [6.45, 7) is 2.44. The predicted molar refractivity (Wildman–Crippen MR) is 107 cm³/mol. The molecule has 0 fully saturated rings. The van der Waals surface area contributed by atoms with Crippen LogP contribution in [-0.2, 0) is 10.0 Å². The molecule has 0 radical (unpaired) electrons. The van der Waals surface area contributed by atoms with E-state index in [0.29, 0.717) is 30.1 Å². The molecule has 3 aromatic rings. The maximum absolute atomic E-state index is 12.7. The number of benzene rings is 2. The third kappa shape index (κ3) is 3.50. The van der Waals surface area contributed by atoms with Crippen LogP contribution in [0.25, 0.3) is 11.0 Å². The molecule has 1 amide bonds. The van der Waals surface area contributed by atoms with E-state index in [1.165, 1.54) is 12.1 Å². The fraction of sp³-hybridized carbons (Fsp3) is 0.200. The molecule has 0 saturated heterocycles. The third-order valence-corrected chi connectivity index (χ3v) is 5.96. The van der Waals surface area contributed by atoms with Crippen LogP contribution in [0.1, 0.15) is 29.0 Å². The zero-order valence-electron chi connectivity index (χ0n) is 15.2. The maximum Gasteiger partial charge on any atom is 0.291 e. The van der Waals surface area contributed by atoms with E-state index in [0.717, 1.165) is 17.4 Å². The molecule has 0 unspecified atom stereocenters. The predicted octanol–water partition coefficient (Wildman–Crippen LogP) is 3.46. The highest BCUT2D eigenvalue weighted by atomic mass is 32.2. The van der Waals surface area contributed by atoms with Crippen LogP contribution in [0.5, 0.6) is 0 Å². The van der Waals surface area contributed by atoms with Crippen LogP contribution in [0.3, 0.4) is 0 Å². The molecule has 7 nitrogen and oxygen atoms in total. The van der Waals surface area contributed by atoms with Gasteiger partial charge in [-0.1, -0.05) is 24.3 Å².